The van der Waals surface area contributed by atoms with Gasteiger partial charge in [0.05, 0.1) is 0 Å². The van der Waals surface area contributed by atoms with Gasteiger partial charge in [0.15, 0.2) is 0 Å². The number of amides is 1. The van der Waals surface area contributed by atoms with Crippen molar-refractivity contribution in [2.45, 2.75) is 33.1 Å². The molecule has 0 bridgehead atoms. The zero-order valence-corrected chi connectivity index (χ0v) is 10.3. The maximum absolute atomic E-state index is 11.7. The highest BCUT2D eigenvalue weighted by atomic mass is 16.2. The molecule has 1 aliphatic heterocycles. The van der Waals surface area contributed by atoms with Gasteiger partial charge in [-0.15, -0.1) is 0 Å². The van der Waals surface area contributed by atoms with E-state index in [1.807, 2.05) is 0 Å². The molecule has 0 aromatic heterocycles. The molecule has 2 N–H and O–H groups in total. The SMILES string of the molecule is C=C1C(CC)=C(CCC)C(=O)N1C.CN. The zero-order valence-electron chi connectivity index (χ0n) is 10.3. The number of rotatable bonds is 3. The Hall–Kier alpha value is -1.09. The van der Waals surface area contributed by atoms with Gasteiger partial charge in [-0.2, -0.15) is 0 Å². The third-order valence-corrected chi connectivity index (χ3v) is 2.53. The van der Waals surface area contributed by atoms with Crippen LogP contribution in [0.2, 0.25) is 0 Å². The van der Waals surface area contributed by atoms with E-state index in [4.69, 9.17) is 0 Å². The maximum Gasteiger partial charge on any atom is 0.254 e. The summed E-state index contributed by atoms with van der Waals surface area (Å²) in [5.74, 6) is 0.142. The lowest BCUT2D eigenvalue weighted by Crippen LogP contribution is -2.20. The van der Waals surface area contributed by atoms with Crippen LogP contribution < -0.4 is 5.73 Å². The summed E-state index contributed by atoms with van der Waals surface area (Å²) in [5.41, 5.74) is 7.50. The van der Waals surface area contributed by atoms with Crippen molar-refractivity contribution in [1.82, 2.24) is 4.90 Å². The van der Waals surface area contributed by atoms with Crippen LogP contribution in [0.25, 0.3) is 0 Å². The normalized spacial score (nSPS) is 15.7. The molecule has 0 radical (unpaired) electrons. The Morgan fingerprint density at radius 1 is 1.27 bits per heavy atom. The van der Waals surface area contributed by atoms with Crippen molar-refractivity contribution < 1.29 is 4.79 Å². The Morgan fingerprint density at radius 2 is 1.80 bits per heavy atom. The van der Waals surface area contributed by atoms with Crippen molar-refractivity contribution >= 4 is 5.91 Å². The van der Waals surface area contributed by atoms with Gasteiger partial charge in [-0.1, -0.05) is 26.8 Å². The summed E-state index contributed by atoms with van der Waals surface area (Å²) in [7, 11) is 3.29. The van der Waals surface area contributed by atoms with Gasteiger partial charge in [0, 0.05) is 18.3 Å². The molecule has 3 heteroatoms. The fourth-order valence-electron chi connectivity index (χ4n) is 1.76. The first-order valence-electron chi connectivity index (χ1n) is 5.40. The Balaban J connectivity index is 0.000000921. The largest absolute Gasteiger partial charge is 0.333 e. The van der Waals surface area contributed by atoms with Crippen LogP contribution in [0.3, 0.4) is 0 Å². The van der Waals surface area contributed by atoms with E-state index < -0.39 is 0 Å². The summed E-state index contributed by atoms with van der Waals surface area (Å²) in [6.07, 6.45) is 2.81. The van der Waals surface area contributed by atoms with E-state index in [2.05, 4.69) is 26.2 Å². The number of carbonyl (C=O) groups excluding carboxylic acids is 1. The molecule has 0 unspecified atom stereocenters. The fourth-order valence-corrected chi connectivity index (χ4v) is 1.76. The van der Waals surface area contributed by atoms with Gasteiger partial charge in [0.2, 0.25) is 0 Å². The number of allylic oxidation sites excluding steroid dienone is 1. The highest BCUT2D eigenvalue weighted by Crippen LogP contribution is 2.31. The second kappa shape index (κ2) is 6.40. The molecule has 0 aromatic rings. The molecule has 0 spiro atoms. The topological polar surface area (TPSA) is 46.3 Å². The van der Waals surface area contributed by atoms with Crippen LogP contribution in [0.5, 0.6) is 0 Å². The van der Waals surface area contributed by atoms with Crippen LogP contribution >= 0.6 is 0 Å². The van der Waals surface area contributed by atoms with E-state index in [1.54, 1.807) is 11.9 Å². The smallest absolute Gasteiger partial charge is 0.254 e. The quantitative estimate of drug-likeness (QED) is 0.775. The molecular weight excluding hydrogens is 188 g/mol. The van der Waals surface area contributed by atoms with E-state index in [1.165, 1.54) is 7.05 Å². The minimum Gasteiger partial charge on any atom is -0.333 e. The molecule has 0 saturated heterocycles. The van der Waals surface area contributed by atoms with E-state index in [0.717, 1.165) is 36.1 Å². The molecule has 0 aromatic carbocycles. The Kier molecular flexibility index (Phi) is 5.94. The van der Waals surface area contributed by atoms with Crippen molar-refractivity contribution in [2.75, 3.05) is 14.1 Å². The first-order valence-corrected chi connectivity index (χ1v) is 5.40. The summed E-state index contributed by atoms with van der Waals surface area (Å²) >= 11 is 0. The van der Waals surface area contributed by atoms with Gasteiger partial charge in [-0.05, 0) is 25.5 Å². The van der Waals surface area contributed by atoms with Crippen molar-refractivity contribution in [1.29, 1.82) is 0 Å². The van der Waals surface area contributed by atoms with Gasteiger partial charge in [0.1, 0.15) is 0 Å². The molecule has 1 amide bonds. The maximum atomic E-state index is 11.7. The molecule has 86 valence electrons. The van der Waals surface area contributed by atoms with E-state index in [-0.39, 0.29) is 5.91 Å². The van der Waals surface area contributed by atoms with Crippen LogP contribution in [0.15, 0.2) is 23.4 Å². The average Bonchev–Trinajstić information content (AvgIpc) is 2.47. The van der Waals surface area contributed by atoms with Gasteiger partial charge in [-0.25, -0.2) is 0 Å². The molecule has 3 nitrogen and oxygen atoms in total. The number of likely N-dealkylation sites (N-methyl/N-ethyl adjacent to an activating group) is 1. The lowest BCUT2D eigenvalue weighted by Gasteiger charge is -2.10. The third-order valence-electron chi connectivity index (χ3n) is 2.53. The summed E-state index contributed by atoms with van der Waals surface area (Å²) < 4.78 is 0. The molecule has 0 atom stereocenters. The van der Waals surface area contributed by atoms with Crippen LogP contribution in [-0.2, 0) is 4.79 Å². The van der Waals surface area contributed by atoms with Crippen LogP contribution in [-0.4, -0.2) is 24.9 Å². The van der Waals surface area contributed by atoms with Crippen molar-refractivity contribution in [3.05, 3.63) is 23.4 Å². The van der Waals surface area contributed by atoms with Crippen LogP contribution in [0.1, 0.15) is 33.1 Å². The molecular formula is C12H22N2O. The number of carbonyl (C=O) groups is 1. The summed E-state index contributed by atoms with van der Waals surface area (Å²) in [4.78, 5) is 13.3. The summed E-state index contributed by atoms with van der Waals surface area (Å²) in [5, 5.41) is 0. The lowest BCUT2D eigenvalue weighted by molar-refractivity contribution is -0.123. The average molecular weight is 210 g/mol. The van der Waals surface area contributed by atoms with Gasteiger partial charge in [0.25, 0.3) is 5.91 Å². The van der Waals surface area contributed by atoms with Crippen molar-refractivity contribution in [2.24, 2.45) is 5.73 Å². The van der Waals surface area contributed by atoms with Gasteiger partial charge >= 0.3 is 0 Å². The van der Waals surface area contributed by atoms with Gasteiger partial charge < -0.3 is 10.6 Å². The van der Waals surface area contributed by atoms with Crippen molar-refractivity contribution in [3.8, 4) is 0 Å². The summed E-state index contributed by atoms with van der Waals surface area (Å²) in [6, 6.07) is 0. The molecule has 0 saturated carbocycles. The first-order chi connectivity index (χ1) is 7.13. The predicted octanol–water partition coefficient (Wildman–Crippen LogP) is 2.05. The monoisotopic (exact) mass is 210 g/mol. The highest BCUT2D eigenvalue weighted by molar-refractivity contribution is 5.99. The molecule has 1 aliphatic rings. The predicted molar refractivity (Wildman–Crippen MR) is 64.2 cm³/mol. The molecule has 0 fully saturated rings. The second-order valence-corrected chi connectivity index (χ2v) is 3.37. The Morgan fingerprint density at radius 3 is 2.20 bits per heavy atom. The standard InChI is InChI=1S/C11H17NO.CH5N/c1-5-7-10-9(6-2)8(3)12(4)11(10)13;1-2/h3,5-7H2,1-2,4H3;2H2,1H3. The van der Waals surface area contributed by atoms with Crippen LogP contribution in [0.4, 0.5) is 0 Å². The highest BCUT2D eigenvalue weighted by Gasteiger charge is 2.28. The third kappa shape index (κ3) is 2.69. The van der Waals surface area contributed by atoms with Crippen LogP contribution in [0, 0.1) is 0 Å². The lowest BCUT2D eigenvalue weighted by atomic mass is 10.0. The minimum atomic E-state index is 0.142. The molecule has 15 heavy (non-hydrogen) atoms. The van der Waals surface area contributed by atoms with Crippen molar-refractivity contribution in [3.63, 3.8) is 0 Å². The van der Waals surface area contributed by atoms with E-state index >= 15 is 0 Å². The van der Waals surface area contributed by atoms with E-state index in [0.29, 0.717) is 0 Å². The zero-order chi connectivity index (χ0) is 12.0. The Bertz CT molecular complexity index is 279. The fraction of sp³-hybridized carbons (Fsp3) is 0.583. The first kappa shape index (κ1) is 13.9. The molecule has 1 rings (SSSR count). The second-order valence-electron chi connectivity index (χ2n) is 3.37. The number of nitrogens with two attached hydrogens (primary N) is 1. The summed E-state index contributed by atoms with van der Waals surface area (Å²) in [6.45, 7) is 8.08. The Labute approximate surface area is 92.6 Å². The number of nitrogens with zero attached hydrogens (tertiary/aromatic N) is 1. The number of hydrogen-bond acceptors (Lipinski definition) is 2. The van der Waals surface area contributed by atoms with Gasteiger partial charge in [-0.3, -0.25) is 4.79 Å². The number of hydrogen-bond donors (Lipinski definition) is 1. The van der Waals surface area contributed by atoms with E-state index in [9.17, 15) is 4.79 Å². The minimum absolute atomic E-state index is 0.142. The molecule has 0 aliphatic carbocycles. The molecule has 1 heterocycles.